The molecule has 0 spiro atoms. The number of carboxylic acid groups (broad SMARTS) is 1. The molecule has 1 amide bonds. The van der Waals surface area contributed by atoms with Crippen molar-refractivity contribution < 1.29 is 28.0 Å². The number of aliphatic carboxylic acids is 1. The van der Waals surface area contributed by atoms with Crippen LogP contribution in [0.3, 0.4) is 0 Å². The van der Waals surface area contributed by atoms with E-state index in [1.807, 2.05) is 0 Å². The van der Waals surface area contributed by atoms with E-state index in [9.17, 15) is 28.1 Å². The summed E-state index contributed by atoms with van der Waals surface area (Å²) in [4.78, 5) is 34.1. The van der Waals surface area contributed by atoms with Crippen LogP contribution >= 0.6 is 0 Å². The molecule has 10 nitrogen and oxygen atoms in total. The maximum atomic E-state index is 12.1. The van der Waals surface area contributed by atoms with Gasteiger partial charge in [0.15, 0.2) is 0 Å². The molecule has 1 atom stereocenters. The van der Waals surface area contributed by atoms with Gasteiger partial charge in [-0.2, -0.15) is 0 Å². The molecule has 0 unspecified atom stereocenters. The van der Waals surface area contributed by atoms with E-state index in [1.165, 1.54) is 4.90 Å². The minimum atomic E-state index is -3.91. The van der Waals surface area contributed by atoms with Gasteiger partial charge >= 0.3 is 5.97 Å². The number of carbonyl (C=O) groups excluding carboxylic acids is 1. The van der Waals surface area contributed by atoms with Gasteiger partial charge < -0.3 is 10.0 Å². The first-order chi connectivity index (χ1) is 11.7. The van der Waals surface area contributed by atoms with Crippen molar-refractivity contribution in [2.24, 2.45) is 0 Å². The van der Waals surface area contributed by atoms with E-state index in [1.54, 1.807) is 0 Å². The number of hydrogen-bond donors (Lipinski definition) is 2. The zero-order valence-electron chi connectivity index (χ0n) is 13.1. The standard InChI is InChI=1S/C14H17N3O7S/c18-13(16-9-1-2-12(16)14(19)20)7-8-15-25(23,24)11-5-3-10(4-6-11)17(21)22/h3-6,12,15H,1-2,7-9H2,(H,19,20)/t12-/m1/s1. The molecule has 1 aliphatic heterocycles. The third-order valence-electron chi connectivity index (χ3n) is 3.85. The van der Waals surface area contributed by atoms with Crippen molar-refractivity contribution in [3.05, 3.63) is 34.4 Å². The average Bonchev–Trinajstić information content (AvgIpc) is 3.04. The summed E-state index contributed by atoms with van der Waals surface area (Å²) in [6.07, 6.45) is 0.808. The molecule has 11 heteroatoms. The summed E-state index contributed by atoms with van der Waals surface area (Å²) in [5, 5.41) is 19.6. The second-order valence-corrected chi connectivity index (χ2v) is 7.25. The van der Waals surface area contributed by atoms with Crippen molar-refractivity contribution in [3.8, 4) is 0 Å². The van der Waals surface area contributed by atoms with E-state index < -0.39 is 32.9 Å². The number of carbonyl (C=O) groups is 2. The van der Waals surface area contributed by atoms with Crippen LogP contribution in [0.5, 0.6) is 0 Å². The second-order valence-electron chi connectivity index (χ2n) is 5.48. The Hall–Kier alpha value is -2.53. The number of likely N-dealkylation sites (tertiary alicyclic amines) is 1. The predicted molar refractivity (Wildman–Crippen MR) is 85.3 cm³/mol. The molecule has 0 radical (unpaired) electrons. The van der Waals surface area contributed by atoms with Crippen molar-refractivity contribution in [3.63, 3.8) is 0 Å². The lowest BCUT2D eigenvalue weighted by Gasteiger charge is -2.21. The second kappa shape index (κ2) is 7.57. The Morgan fingerprint density at radius 2 is 1.96 bits per heavy atom. The molecule has 0 aromatic heterocycles. The maximum absolute atomic E-state index is 12.1. The highest BCUT2D eigenvalue weighted by atomic mass is 32.2. The summed E-state index contributed by atoms with van der Waals surface area (Å²) in [5.74, 6) is -1.51. The Morgan fingerprint density at radius 1 is 1.32 bits per heavy atom. The highest BCUT2D eigenvalue weighted by Crippen LogP contribution is 2.19. The summed E-state index contributed by atoms with van der Waals surface area (Å²) in [7, 11) is -3.91. The van der Waals surface area contributed by atoms with Gasteiger partial charge in [-0.1, -0.05) is 0 Å². The van der Waals surface area contributed by atoms with Crippen LogP contribution in [0.4, 0.5) is 5.69 Å². The number of carboxylic acids is 1. The third kappa shape index (κ3) is 4.51. The van der Waals surface area contributed by atoms with Gasteiger partial charge in [0.2, 0.25) is 15.9 Å². The molecule has 136 valence electrons. The zero-order chi connectivity index (χ0) is 18.6. The van der Waals surface area contributed by atoms with E-state index >= 15 is 0 Å². The minimum absolute atomic E-state index is 0.157. The van der Waals surface area contributed by atoms with Crippen LogP contribution < -0.4 is 4.72 Å². The van der Waals surface area contributed by atoms with Crippen LogP contribution in [0.15, 0.2) is 29.2 Å². The van der Waals surface area contributed by atoms with Gasteiger partial charge in [0, 0.05) is 31.6 Å². The summed E-state index contributed by atoms with van der Waals surface area (Å²) in [6, 6.07) is 3.48. The molecule has 0 bridgehead atoms. The number of non-ortho nitro benzene ring substituents is 1. The SMILES string of the molecule is O=C(O)[C@H]1CCCN1C(=O)CCNS(=O)(=O)c1ccc([N+](=O)[O-])cc1. The number of nitrogens with one attached hydrogen (secondary N) is 1. The van der Waals surface area contributed by atoms with E-state index in [-0.39, 0.29) is 23.5 Å². The normalized spacial score (nSPS) is 17.4. The first-order valence-electron chi connectivity index (χ1n) is 7.49. The Balaban J connectivity index is 1.92. The Morgan fingerprint density at radius 3 is 2.52 bits per heavy atom. The molecule has 1 heterocycles. The first kappa shape index (κ1) is 18.8. The van der Waals surface area contributed by atoms with Gasteiger partial charge in [-0.25, -0.2) is 17.9 Å². The number of benzene rings is 1. The number of nitrogens with zero attached hydrogens (tertiary/aromatic N) is 2. The van der Waals surface area contributed by atoms with Crippen molar-refractivity contribution >= 4 is 27.6 Å². The van der Waals surface area contributed by atoms with Crippen LogP contribution in [0, 0.1) is 10.1 Å². The first-order valence-corrected chi connectivity index (χ1v) is 8.97. The fourth-order valence-electron chi connectivity index (χ4n) is 2.59. The quantitative estimate of drug-likeness (QED) is 0.519. The van der Waals surface area contributed by atoms with Gasteiger partial charge in [-0.15, -0.1) is 0 Å². The lowest BCUT2D eigenvalue weighted by Crippen LogP contribution is -2.41. The monoisotopic (exact) mass is 371 g/mol. The zero-order valence-corrected chi connectivity index (χ0v) is 13.9. The van der Waals surface area contributed by atoms with Gasteiger partial charge in [0.25, 0.3) is 5.69 Å². The fourth-order valence-corrected chi connectivity index (χ4v) is 3.62. The molecular formula is C14H17N3O7S. The molecular weight excluding hydrogens is 354 g/mol. The molecule has 2 rings (SSSR count). The maximum Gasteiger partial charge on any atom is 0.326 e. The van der Waals surface area contributed by atoms with E-state index in [0.29, 0.717) is 19.4 Å². The molecule has 1 aromatic rings. The third-order valence-corrected chi connectivity index (χ3v) is 5.32. The Labute approximate surface area is 143 Å². The number of amides is 1. The number of nitro benzene ring substituents is 1. The summed E-state index contributed by atoms with van der Waals surface area (Å²) >= 11 is 0. The number of nitro groups is 1. The lowest BCUT2D eigenvalue weighted by atomic mass is 10.2. The molecule has 2 N–H and O–H groups in total. The molecule has 1 aromatic carbocycles. The number of rotatable bonds is 7. The van der Waals surface area contributed by atoms with Crippen LogP contribution in [0.25, 0.3) is 0 Å². The molecule has 1 fully saturated rings. The van der Waals surface area contributed by atoms with Crippen LogP contribution in [-0.4, -0.2) is 54.4 Å². The highest BCUT2D eigenvalue weighted by Gasteiger charge is 2.33. The summed E-state index contributed by atoms with van der Waals surface area (Å²) < 4.78 is 26.4. The average molecular weight is 371 g/mol. The van der Waals surface area contributed by atoms with Crippen LogP contribution in [-0.2, 0) is 19.6 Å². The van der Waals surface area contributed by atoms with Crippen LogP contribution in [0.1, 0.15) is 19.3 Å². The largest absolute Gasteiger partial charge is 0.480 e. The fraction of sp³-hybridized carbons (Fsp3) is 0.429. The molecule has 0 saturated carbocycles. The van der Waals surface area contributed by atoms with Crippen molar-refractivity contribution in [1.82, 2.24) is 9.62 Å². The number of sulfonamides is 1. The topological polar surface area (TPSA) is 147 Å². The van der Waals surface area contributed by atoms with Gasteiger partial charge in [0.05, 0.1) is 9.82 Å². The van der Waals surface area contributed by atoms with Crippen molar-refractivity contribution in [1.29, 1.82) is 0 Å². The van der Waals surface area contributed by atoms with Gasteiger partial charge in [-0.3, -0.25) is 14.9 Å². The Bertz CT molecular complexity index is 776. The minimum Gasteiger partial charge on any atom is -0.480 e. The van der Waals surface area contributed by atoms with Crippen LogP contribution in [0.2, 0.25) is 0 Å². The predicted octanol–water partition coefficient (Wildman–Crippen LogP) is 0.339. The lowest BCUT2D eigenvalue weighted by molar-refractivity contribution is -0.384. The van der Waals surface area contributed by atoms with Gasteiger partial charge in [0.1, 0.15) is 6.04 Å². The molecule has 1 aliphatic rings. The summed E-state index contributed by atoms with van der Waals surface area (Å²) in [6.45, 7) is 0.145. The summed E-state index contributed by atoms with van der Waals surface area (Å²) in [5.41, 5.74) is -0.233. The molecule has 0 aliphatic carbocycles. The highest BCUT2D eigenvalue weighted by molar-refractivity contribution is 7.89. The van der Waals surface area contributed by atoms with Crippen molar-refractivity contribution in [2.45, 2.75) is 30.2 Å². The van der Waals surface area contributed by atoms with Crippen molar-refractivity contribution in [2.75, 3.05) is 13.1 Å². The number of hydrogen-bond acceptors (Lipinski definition) is 6. The molecule has 25 heavy (non-hydrogen) atoms. The molecule has 1 saturated heterocycles. The van der Waals surface area contributed by atoms with E-state index in [4.69, 9.17) is 5.11 Å². The smallest absolute Gasteiger partial charge is 0.326 e. The van der Waals surface area contributed by atoms with E-state index in [0.717, 1.165) is 24.3 Å². The Kier molecular flexibility index (Phi) is 5.69. The van der Waals surface area contributed by atoms with Gasteiger partial charge in [-0.05, 0) is 25.0 Å². The van der Waals surface area contributed by atoms with E-state index in [2.05, 4.69) is 4.72 Å².